The molecule has 3 nitrogen and oxygen atoms in total. The number of benzene rings is 1. The molecule has 0 aliphatic heterocycles. The predicted octanol–water partition coefficient (Wildman–Crippen LogP) is 1.82. The van der Waals surface area contributed by atoms with Crippen LogP contribution in [0.4, 0.5) is 0 Å². The Labute approximate surface area is 77.3 Å². The first-order valence-corrected chi connectivity index (χ1v) is 3.99. The molecule has 69 valence electrons. The standard InChI is InChI=1S/C10H11O3/c1-3-12-9-4-6-10(7-5-9)13-8(2)11/h4-7H,2-3H2,1H3. The molecule has 0 saturated carbocycles. The average Bonchev–Trinajstić information content (AvgIpc) is 2.08. The summed E-state index contributed by atoms with van der Waals surface area (Å²) in [5.41, 5.74) is 0. The van der Waals surface area contributed by atoms with Crippen molar-refractivity contribution in [3.63, 3.8) is 0 Å². The zero-order valence-corrected chi connectivity index (χ0v) is 7.45. The second-order valence-corrected chi connectivity index (χ2v) is 2.38. The highest BCUT2D eigenvalue weighted by Crippen LogP contribution is 2.17. The third kappa shape index (κ3) is 3.15. The van der Waals surface area contributed by atoms with Gasteiger partial charge in [-0.3, -0.25) is 4.79 Å². The monoisotopic (exact) mass is 179 g/mol. The molecule has 0 bridgehead atoms. The molecule has 0 unspecified atom stereocenters. The van der Waals surface area contributed by atoms with E-state index in [1.807, 2.05) is 6.92 Å². The second kappa shape index (κ2) is 4.50. The molecule has 0 aliphatic carbocycles. The third-order valence-corrected chi connectivity index (χ3v) is 1.37. The van der Waals surface area contributed by atoms with Crippen molar-refractivity contribution in [3.8, 4) is 11.5 Å². The second-order valence-electron chi connectivity index (χ2n) is 2.38. The van der Waals surface area contributed by atoms with Gasteiger partial charge in [0.2, 0.25) is 0 Å². The maximum atomic E-state index is 10.5. The molecule has 1 aromatic rings. The summed E-state index contributed by atoms with van der Waals surface area (Å²) in [6, 6.07) is 6.80. The normalized spacial score (nSPS) is 9.38. The van der Waals surface area contributed by atoms with Crippen molar-refractivity contribution < 1.29 is 14.3 Å². The first-order valence-electron chi connectivity index (χ1n) is 3.99. The van der Waals surface area contributed by atoms with Gasteiger partial charge in [-0.15, -0.1) is 0 Å². The Morgan fingerprint density at radius 1 is 1.31 bits per heavy atom. The molecule has 3 heteroatoms. The van der Waals surface area contributed by atoms with Crippen LogP contribution in [-0.2, 0) is 4.79 Å². The van der Waals surface area contributed by atoms with E-state index in [1.54, 1.807) is 24.3 Å². The van der Waals surface area contributed by atoms with Gasteiger partial charge >= 0.3 is 5.97 Å². The lowest BCUT2D eigenvalue weighted by Gasteiger charge is -2.03. The molecule has 0 fully saturated rings. The van der Waals surface area contributed by atoms with Crippen molar-refractivity contribution in [2.75, 3.05) is 6.61 Å². The highest BCUT2D eigenvalue weighted by molar-refractivity contribution is 5.76. The smallest absolute Gasteiger partial charge is 0.311 e. The lowest BCUT2D eigenvalue weighted by atomic mass is 10.3. The molecule has 1 radical (unpaired) electrons. The summed E-state index contributed by atoms with van der Waals surface area (Å²) >= 11 is 0. The fraction of sp³-hybridized carbons (Fsp3) is 0.200. The van der Waals surface area contributed by atoms with Crippen LogP contribution in [0.2, 0.25) is 0 Å². The zero-order valence-electron chi connectivity index (χ0n) is 7.45. The third-order valence-electron chi connectivity index (χ3n) is 1.37. The van der Waals surface area contributed by atoms with Gasteiger partial charge in [-0.05, 0) is 31.2 Å². The molecule has 0 aromatic heterocycles. The fourth-order valence-corrected chi connectivity index (χ4v) is 0.902. The van der Waals surface area contributed by atoms with E-state index in [1.165, 1.54) is 0 Å². The van der Waals surface area contributed by atoms with Crippen molar-refractivity contribution in [2.24, 2.45) is 0 Å². The van der Waals surface area contributed by atoms with Crippen LogP contribution in [-0.4, -0.2) is 12.6 Å². The van der Waals surface area contributed by atoms with Crippen LogP contribution in [0.1, 0.15) is 6.92 Å². The number of esters is 1. The minimum Gasteiger partial charge on any atom is -0.494 e. The van der Waals surface area contributed by atoms with Gasteiger partial charge in [0.1, 0.15) is 11.5 Å². The molecular weight excluding hydrogens is 168 g/mol. The van der Waals surface area contributed by atoms with Crippen LogP contribution < -0.4 is 9.47 Å². The molecule has 0 heterocycles. The number of rotatable bonds is 3. The lowest BCUT2D eigenvalue weighted by molar-refractivity contribution is -0.129. The number of hydrogen-bond donors (Lipinski definition) is 0. The van der Waals surface area contributed by atoms with Crippen LogP contribution in [0.25, 0.3) is 0 Å². The summed E-state index contributed by atoms with van der Waals surface area (Å²) in [5, 5.41) is 0. The predicted molar refractivity (Wildman–Crippen MR) is 48.6 cm³/mol. The van der Waals surface area contributed by atoms with Crippen molar-refractivity contribution in [2.45, 2.75) is 6.92 Å². The number of carbonyl (C=O) groups excluding carboxylic acids is 1. The van der Waals surface area contributed by atoms with Crippen LogP contribution in [0, 0.1) is 6.92 Å². The van der Waals surface area contributed by atoms with Gasteiger partial charge in [0.15, 0.2) is 0 Å². The van der Waals surface area contributed by atoms with E-state index >= 15 is 0 Å². The molecule has 1 aromatic carbocycles. The van der Waals surface area contributed by atoms with Crippen molar-refractivity contribution in [1.29, 1.82) is 0 Å². The minimum absolute atomic E-state index is 0.475. The Hall–Kier alpha value is -1.51. The summed E-state index contributed by atoms with van der Waals surface area (Å²) in [7, 11) is 0. The summed E-state index contributed by atoms with van der Waals surface area (Å²) in [6.45, 7) is 5.63. The van der Waals surface area contributed by atoms with Crippen molar-refractivity contribution in [3.05, 3.63) is 31.2 Å². The molecule has 0 atom stereocenters. The van der Waals surface area contributed by atoms with Gasteiger partial charge in [0, 0.05) is 0 Å². The highest BCUT2D eigenvalue weighted by atomic mass is 16.5. The van der Waals surface area contributed by atoms with Crippen molar-refractivity contribution in [1.82, 2.24) is 0 Å². The highest BCUT2D eigenvalue weighted by Gasteiger charge is 1.97. The minimum atomic E-state index is -0.566. The molecular formula is C10H11O3. The summed E-state index contributed by atoms with van der Waals surface area (Å²) in [5.74, 6) is 0.666. The van der Waals surface area contributed by atoms with Crippen molar-refractivity contribution >= 4 is 5.97 Å². The van der Waals surface area contributed by atoms with Gasteiger partial charge in [-0.2, -0.15) is 0 Å². The molecule has 0 spiro atoms. The Balaban J connectivity index is 2.64. The van der Waals surface area contributed by atoms with E-state index in [0.717, 1.165) is 5.75 Å². The lowest BCUT2D eigenvalue weighted by Crippen LogP contribution is -2.01. The SMILES string of the molecule is [CH2]C(=O)Oc1ccc(OCC)cc1. The van der Waals surface area contributed by atoms with Crippen LogP contribution in [0.15, 0.2) is 24.3 Å². The molecule has 0 aliphatic rings. The summed E-state index contributed by atoms with van der Waals surface area (Å²) in [6.07, 6.45) is 0. The van der Waals surface area contributed by atoms with E-state index in [2.05, 4.69) is 6.92 Å². The van der Waals surface area contributed by atoms with Gasteiger partial charge in [-0.25, -0.2) is 0 Å². The quantitative estimate of drug-likeness (QED) is 0.524. The summed E-state index contributed by atoms with van der Waals surface area (Å²) in [4.78, 5) is 10.5. The maximum Gasteiger partial charge on any atom is 0.311 e. The first kappa shape index (κ1) is 9.58. The van der Waals surface area contributed by atoms with Gasteiger partial charge in [-0.1, -0.05) is 0 Å². The topological polar surface area (TPSA) is 35.5 Å². The number of carbonyl (C=O) groups is 1. The Kier molecular flexibility index (Phi) is 3.31. The van der Waals surface area contributed by atoms with E-state index in [9.17, 15) is 4.79 Å². The maximum absolute atomic E-state index is 10.5. The Morgan fingerprint density at radius 3 is 2.31 bits per heavy atom. The average molecular weight is 179 g/mol. The van der Waals surface area contributed by atoms with E-state index < -0.39 is 5.97 Å². The summed E-state index contributed by atoms with van der Waals surface area (Å²) < 4.78 is 9.95. The van der Waals surface area contributed by atoms with Gasteiger partial charge in [0.25, 0.3) is 0 Å². The molecule has 0 N–H and O–H groups in total. The first-order chi connectivity index (χ1) is 6.22. The fourth-order valence-electron chi connectivity index (χ4n) is 0.902. The molecule has 0 amide bonds. The Morgan fingerprint density at radius 2 is 1.85 bits per heavy atom. The van der Waals surface area contributed by atoms with E-state index in [4.69, 9.17) is 9.47 Å². The molecule has 13 heavy (non-hydrogen) atoms. The Bertz CT molecular complexity index is 277. The number of hydrogen-bond acceptors (Lipinski definition) is 3. The molecule has 0 saturated heterocycles. The van der Waals surface area contributed by atoms with Crippen LogP contribution in [0.3, 0.4) is 0 Å². The van der Waals surface area contributed by atoms with Crippen LogP contribution >= 0.6 is 0 Å². The van der Waals surface area contributed by atoms with E-state index in [-0.39, 0.29) is 0 Å². The van der Waals surface area contributed by atoms with E-state index in [0.29, 0.717) is 12.4 Å². The van der Waals surface area contributed by atoms with Crippen LogP contribution in [0.5, 0.6) is 11.5 Å². The van der Waals surface area contributed by atoms with Gasteiger partial charge < -0.3 is 9.47 Å². The molecule has 1 rings (SSSR count). The zero-order chi connectivity index (χ0) is 9.68. The number of ether oxygens (including phenoxy) is 2. The largest absolute Gasteiger partial charge is 0.494 e. The van der Waals surface area contributed by atoms with Gasteiger partial charge in [0.05, 0.1) is 13.5 Å².